The maximum atomic E-state index is 6.11. The Balaban J connectivity index is 2.47. The van der Waals surface area contributed by atoms with Crippen LogP contribution in [0.3, 0.4) is 0 Å². The number of rotatable bonds is 0. The van der Waals surface area contributed by atoms with Crippen molar-refractivity contribution in [2.75, 3.05) is 0 Å². The van der Waals surface area contributed by atoms with E-state index >= 15 is 0 Å². The lowest BCUT2D eigenvalue weighted by atomic mass is 9.86. The summed E-state index contributed by atoms with van der Waals surface area (Å²) < 4.78 is 2.70. The van der Waals surface area contributed by atoms with E-state index in [-0.39, 0.29) is 5.41 Å². The molecule has 0 aliphatic rings. The van der Waals surface area contributed by atoms with E-state index in [0.29, 0.717) is 0 Å². The molecule has 2 aromatic carbocycles. The van der Waals surface area contributed by atoms with E-state index in [2.05, 4.69) is 51.1 Å². The molecule has 0 saturated heterocycles. The fourth-order valence-corrected chi connectivity index (χ4v) is 3.94. The first kappa shape index (κ1) is 12.0. The Labute approximate surface area is 116 Å². The molecule has 0 aliphatic heterocycles. The van der Waals surface area contributed by atoms with Crippen LogP contribution in [0, 0.1) is 0 Å². The van der Waals surface area contributed by atoms with Crippen LogP contribution in [0.15, 0.2) is 36.4 Å². The van der Waals surface area contributed by atoms with E-state index in [9.17, 15) is 0 Å². The first-order chi connectivity index (χ1) is 8.47. The second-order valence-corrected chi connectivity index (χ2v) is 7.16. The summed E-state index contributed by atoms with van der Waals surface area (Å²) >= 11 is 7.98. The molecule has 0 nitrogen and oxygen atoms in total. The number of hydrogen-bond acceptors (Lipinski definition) is 1. The molecule has 2 heteroatoms. The topological polar surface area (TPSA) is 0 Å². The molecule has 0 radical (unpaired) electrons. The van der Waals surface area contributed by atoms with Gasteiger partial charge in [-0.2, -0.15) is 0 Å². The van der Waals surface area contributed by atoms with E-state index in [4.69, 9.17) is 11.6 Å². The van der Waals surface area contributed by atoms with Crippen molar-refractivity contribution in [2.24, 2.45) is 0 Å². The number of thiophene rings is 1. The molecule has 0 spiro atoms. The summed E-state index contributed by atoms with van der Waals surface area (Å²) in [6.45, 7) is 6.79. The van der Waals surface area contributed by atoms with Crippen molar-refractivity contribution >= 4 is 43.1 Å². The van der Waals surface area contributed by atoms with E-state index in [1.807, 2.05) is 17.4 Å². The maximum Gasteiger partial charge on any atom is 0.0413 e. The number of fused-ring (bicyclic) bond motifs is 3. The normalized spacial score (nSPS) is 12.4. The third-order valence-electron chi connectivity index (χ3n) is 3.27. The predicted molar refractivity (Wildman–Crippen MR) is 83.0 cm³/mol. The van der Waals surface area contributed by atoms with Gasteiger partial charge >= 0.3 is 0 Å². The average molecular weight is 275 g/mol. The zero-order valence-corrected chi connectivity index (χ0v) is 12.3. The summed E-state index contributed by atoms with van der Waals surface area (Å²) in [5.41, 5.74) is 1.59. The molecule has 18 heavy (non-hydrogen) atoms. The molecule has 1 heterocycles. The van der Waals surface area contributed by atoms with Gasteiger partial charge < -0.3 is 0 Å². The molecule has 0 N–H and O–H groups in total. The Kier molecular flexibility index (Phi) is 2.65. The molecule has 3 aromatic rings. The van der Waals surface area contributed by atoms with Crippen LogP contribution in [0.5, 0.6) is 0 Å². The third kappa shape index (κ3) is 1.82. The van der Waals surface area contributed by atoms with Crippen molar-refractivity contribution in [3.05, 3.63) is 47.0 Å². The first-order valence-corrected chi connectivity index (χ1v) is 7.27. The highest BCUT2D eigenvalue weighted by Crippen LogP contribution is 2.40. The first-order valence-electron chi connectivity index (χ1n) is 6.08. The number of halogens is 1. The van der Waals surface area contributed by atoms with Crippen LogP contribution in [0.2, 0.25) is 5.02 Å². The van der Waals surface area contributed by atoms with Crippen molar-refractivity contribution < 1.29 is 0 Å². The molecule has 0 fully saturated rings. The molecule has 0 aliphatic carbocycles. The van der Waals surface area contributed by atoms with Gasteiger partial charge in [0, 0.05) is 25.2 Å². The molecule has 0 bridgehead atoms. The van der Waals surface area contributed by atoms with Crippen LogP contribution in [0.1, 0.15) is 26.3 Å². The zero-order valence-electron chi connectivity index (χ0n) is 10.8. The van der Waals surface area contributed by atoms with Crippen LogP contribution < -0.4 is 0 Å². The Bertz CT molecular complexity index is 732. The van der Waals surface area contributed by atoms with Gasteiger partial charge in [-0.3, -0.25) is 0 Å². The lowest BCUT2D eigenvalue weighted by Gasteiger charge is -2.19. The zero-order chi connectivity index (χ0) is 12.9. The third-order valence-corrected chi connectivity index (χ3v) is 4.72. The van der Waals surface area contributed by atoms with Crippen LogP contribution in [0.25, 0.3) is 20.2 Å². The van der Waals surface area contributed by atoms with Crippen molar-refractivity contribution in [1.29, 1.82) is 0 Å². The fourth-order valence-electron chi connectivity index (χ4n) is 2.36. The van der Waals surface area contributed by atoms with Crippen LogP contribution in [-0.4, -0.2) is 0 Å². The van der Waals surface area contributed by atoms with E-state index in [1.165, 1.54) is 25.7 Å². The fraction of sp³-hybridized carbons (Fsp3) is 0.250. The van der Waals surface area contributed by atoms with Gasteiger partial charge in [0.1, 0.15) is 0 Å². The van der Waals surface area contributed by atoms with Crippen molar-refractivity contribution in [1.82, 2.24) is 0 Å². The van der Waals surface area contributed by atoms with Crippen LogP contribution in [0.4, 0.5) is 0 Å². The molecule has 3 rings (SSSR count). The molecular weight excluding hydrogens is 260 g/mol. The summed E-state index contributed by atoms with van der Waals surface area (Å²) in [5, 5.41) is 3.40. The minimum absolute atomic E-state index is 0.171. The summed E-state index contributed by atoms with van der Waals surface area (Å²) in [6, 6.07) is 12.7. The Morgan fingerprint density at radius 3 is 2.50 bits per heavy atom. The molecule has 1 aromatic heterocycles. The predicted octanol–water partition coefficient (Wildman–Crippen LogP) is 6.01. The smallest absolute Gasteiger partial charge is 0.0413 e. The largest absolute Gasteiger partial charge is 0.135 e. The van der Waals surface area contributed by atoms with E-state index < -0.39 is 0 Å². The van der Waals surface area contributed by atoms with Crippen molar-refractivity contribution in [3.63, 3.8) is 0 Å². The van der Waals surface area contributed by atoms with Gasteiger partial charge in [0.25, 0.3) is 0 Å². The quantitative estimate of drug-likeness (QED) is 0.471. The minimum atomic E-state index is 0.171. The standard InChI is InChI=1S/C16H15ClS/c1-16(2,3)13-6-4-5-11-12-9-10(17)7-8-14(12)18-15(11)13/h4-9H,1-3H3. The molecule has 0 unspecified atom stereocenters. The summed E-state index contributed by atoms with van der Waals surface area (Å²) in [4.78, 5) is 0. The Hall–Kier alpha value is -1.05. The highest BCUT2D eigenvalue weighted by Gasteiger charge is 2.18. The van der Waals surface area contributed by atoms with Gasteiger partial charge in [0.15, 0.2) is 0 Å². The molecular formula is C16H15ClS. The van der Waals surface area contributed by atoms with Gasteiger partial charge in [0.2, 0.25) is 0 Å². The number of hydrogen-bond donors (Lipinski definition) is 0. The van der Waals surface area contributed by atoms with Crippen molar-refractivity contribution in [2.45, 2.75) is 26.2 Å². The van der Waals surface area contributed by atoms with Gasteiger partial charge in [-0.25, -0.2) is 0 Å². The van der Waals surface area contributed by atoms with E-state index in [1.54, 1.807) is 0 Å². The Morgan fingerprint density at radius 1 is 1.00 bits per heavy atom. The lowest BCUT2D eigenvalue weighted by Crippen LogP contribution is -2.10. The van der Waals surface area contributed by atoms with Crippen molar-refractivity contribution in [3.8, 4) is 0 Å². The Morgan fingerprint density at radius 2 is 1.78 bits per heavy atom. The summed E-state index contributed by atoms with van der Waals surface area (Å²) in [5.74, 6) is 0. The summed E-state index contributed by atoms with van der Waals surface area (Å²) in [6.07, 6.45) is 0. The number of benzene rings is 2. The van der Waals surface area contributed by atoms with Crippen LogP contribution >= 0.6 is 22.9 Å². The van der Waals surface area contributed by atoms with Gasteiger partial charge in [-0.1, -0.05) is 50.6 Å². The second kappa shape index (κ2) is 3.97. The SMILES string of the molecule is CC(C)(C)c1cccc2c1sc1ccc(Cl)cc12. The lowest BCUT2D eigenvalue weighted by molar-refractivity contribution is 0.597. The highest BCUT2D eigenvalue weighted by atomic mass is 35.5. The summed E-state index contributed by atoms with van der Waals surface area (Å²) in [7, 11) is 0. The van der Waals surface area contributed by atoms with Gasteiger partial charge in [0.05, 0.1) is 0 Å². The van der Waals surface area contributed by atoms with Gasteiger partial charge in [-0.15, -0.1) is 11.3 Å². The monoisotopic (exact) mass is 274 g/mol. The second-order valence-electron chi connectivity index (χ2n) is 5.67. The molecule has 0 atom stereocenters. The maximum absolute atomic E-state index is 6.11. The highest BCUT2D eigenvalue weighted by molar-refractivity contribution is 7.26. The minimum Gasteiger partial charge on any atom is -0.135 e. The molecule has 0 saturated carbocycles. The molecule has 0 amide bonds. The van der Waals surface area contributed by atoms with Crippen LogP contribution in [-0.2, 0) is 5.41 Å². The van der Waals surface area contributed by atoms with E-state index in [0.717, 1.165) is 5.02 Å². The van der Waals surface area contributed by atoms with Gasteiger partial charge in [-0.05, 0) is 29.2 Å². The molecule has 92 valence electrons. The average Bonchev–Trinajstić information content (AvgIpc) is 2.65.